The van der Waals surface area contributed by atoms with E-state index in [1.54, 1.807) is 30.3 Å². The summed E-state index contributed by atoms with van der Waals surface area (Å²) < 4.78 is 12.9. The zero-order valence-electron chi connectivity index (χ0n) is 11.1. The number of ketones is 1. The average Bonchev–Trinajstić information content (AvgIpc) is 2.49. The van der Waals surface area contributed by atoms with Gasteiger partial charge in [0, 0.05) is 5.56 Å². The normalized spacial score (nSPS) is 13.4. The number of benzene rings is 2. The quantitative estimate of drug-likeness (QED) is 0.826. The minimum atomic E-state index is -1.37. The van der Waals surface area contributed by atoms with Crippen molar-refractivity contribution in [2.45, 2.75) is 12.0 Å². The van der Waals surface area contributed by atoms with Gasteiger partial charge in [-0.05, 0) is 29.8 Å². The third kappa shape index (κ3) is 3.32. The van der Waals surface area contributed by atoms with Gasteiger partial charge in [0.1, 0.15) is 11.9 Å². The van der Waals surface area contributed by atoms with Crippen molar-refractivity contribution in [2.24, 2.45) is 5.73 Å². The lowest BCUT2D eigenvalue weighted by Crippen LogP contribution is -2.40. The zero-order chi connectivity index (χ0) is 15.4. The molecule has 0 aliphatic heterocycles. The topological polar surface area (TPSA) is 80.4 Å². The first kappa shape index (κ1) is 14.9. The summed E-state index contributed by atoms with van der Waals surface area (Å²) in [6.45, 7) is 0. The second-order valence-electron chi connectivity index (χ2n) is 4.62. The van der Waals surface area contributed by atoms with E-state index in [2.05, 4.69) is 0 Å². The van der Waals surface area contributed by atoms with Gasteiger partial charge >= 0.3 is 5.97 Å². The first-order valence-electron chi connectivity index (χ1n) is 6.34. The van der Waals surface area contributed by atoms with Gasteiger partial charge in [-0.15, -0.1) is 0 Å². The van der Waals surface area contributed by atoms with Crippen molar-refractivity contribution in [3.05, 3.63) is 71.5 Å². The summed E-state index contributed by atoms with van der Waals surface area (Å²) in [7, 11) is 0. The molecule has 3 N–H and O–H groups in total. The number of rotatable bonds is 5. The lowest BCUT2D eigenvalue weighted by atomic mass is 9.85. The fraction of sp³-hybridized carbons (Fsp3) is 0.125. The van der Waals surface area contributed by atoms with Gasteiger partial charge in [0.25, 0.3) is 0 Å². The van der Waals surface area contributed by atoms with Crippen LogP contribution in [-0.4, -0.2) is 22.9 Å². The van der Waals surface area contributed by atoms with Crippen molar-refractivity contribution in [1.82, 2.24) is 0 Å². The lowest BCUT2D eigenvalue weighted by Gasteiger charge is -2.20. The minimum absolute atomic E-state index is 0.224. The number of carboxylic acid groups (broad SMARTS) is 1. The first-order valence-corrected chi connectivity index (χ1v) is 6.34. The molecule has 0 aliphatic carbocycles. The van der Waals surface area contributed by atoms with Crippen LogP contribution in [0.15, 0.2) is 54.6 Å². The molecule has 0 saturated carbocycles. The molecular weight excluding hydrogens is 273 g/mol. The highest BCUT2D eigenvalue weighted by atomic mass is 19.1. The third-order valence-electron chi connectivity index (χ3n) is 3.21. The number of aliphatic carboxylic acids is 1. The molecule has 2 atom stereocenters. The number of carboxylic acids is 1. The van der Waals surface area contributed by atoms with Gasteiger partial charge in [0.2, 0.25) is 0 Å². The largest absolute Gasteiger partial charge is 0.480 e. The summed E-state index contributed by atoms with van der Waals surface area (Å²) in [5.74, 6) is -3.20. The number of carbonyl (C=O) groups excluding carboxylic acids is 1. The molecule has 2 rings (SSSR count). The molecule has 0 aliphatic rings. The lowest BCUT2D eigenvalue weighted by molar-refractivity contribution is -0.138. The number of hydrogen-bond donors (Lipinski definition) is 2. The van der Waals surface area contributed by atoms with Gasteiger partial charge in [0.15, 0.2) is 5.78 Å². The van der Waals surface area contributed by atoms with E-state index >= 15 is 0 Å². The Balaban J connectivity index is 2.42. The van der Waals surface area contributed by atoms with E-state index in [-0.39, 0.29) is 5.56 Å². The second-order valence-corrected chi connectivity index (χ2v) is 4.62. The van der Waals surface area contributed by atoms with Crippen molar-refractivity contribution in [2.75, 3.05) is 0 Å². The standard InChI is InChI=1S/C16H14FNO3/c17-12-8-6-11(7-9-12)15(19)13(14(18)16(20)21)10-4-2-1-3-5-10/h1-9,13-14H,18H2,(H,20,21). The Morgan fingerprint density at radius 3 is 2.10 bits per heavy atom. The van der Waals surface area contributed by atoms with Crippen molar-refractivity contribution in [1.29, 1.82) is 0 Å². The predicted octanol–water partition coefficient (Wildman–Crippen LogP) is 2.20. The van der Waals surface area contributed by atoms with Gasteiger partial charge < -0.3 is 10.8 Å². The van der Waals surface area contributed by atoms with Crippen molar-refractivity contribution >= 4 is 11.8 Å². The number of nitrogens with two attached hydrogens (primary N) is 1. The number of carbonyl (C=O) groups is 2. The highest BCUT2D eigenvalue weighted by molar-refractivity contribution is 6.04. The maximum atomic E-state index is 12.9. The Kier molecular flexibility index (Phi) is 4.45. The molecule has 0 heterocycles. The summed E-state index contributed by atoms with van der Waals surface area (Å²) >= 11 is 0. The molecule has 2 aromatic carbocycles. The van der Waals surface area contributed by atoms with E-state index in [0.29, 0.717) is 5.56 Å². The molecule has 0 bridgehead atoms. The van der Waals surface area contributed by atoms with Gasteiger partial charge in [-0.25, -0.2) is 4.39 Å². The zero-order valence-corrected chi connectivity index (χ0v) is 11.1. The van der Waals surface area contributed by atoms with Gasteiger partial charge in [-0.3, -0.25) is 9.59 Å². The molecule has 0 amide bonds. The van der Waals surface area contributed by atoms with Crippen LogP contribution in [0.1, 0.15) is 21.8 Å². The van der Waals surface area contributed by atoms with E-state index in [0.717, 1.165) is 12.1 Å². The number of halogens is 1. The van der Waals surface area contributed by atoms with E-state index in [4.69, 9.17) is 10.8 Å². The first-order chi connectivity index (χ1) is 10.0. The highest BCUT2D eigenvalue weighted by Crippen LogP contribution is 2.24. The maximum absolute atomic E-state index is 12.9. The van der Waals surface area contributed by atoms with Crippen LogP contribution in [0.5, 0.6) is 0 Å². The summed E-state index contributed by atoms with van der Waals surface area (Å²) in [5, 5.41) is 9.12. The minimum Gasteiger partial charge on any atom is -0.480 e. The monoisotopic (exact) mass is 287 g/mol. The van der Waals surface area contributed by atoms with Gasteiger partial charge in [-0.2, -0.15) is 0 Å². The van der Waals surface area contributed by atoms with Crippen LogP contribution in [0.2, 0.25) is 0 Å². The SMILES string of the molecule is NC(C(=O)O)C(C(=O)c1ccc(F)cc1)c1ccccc1. The maximum Gasteiger partial charge on any atom is 0.321 e. The molecule has 4 nitrogen and oxygen atoms in total. The van der Waals surface area contributed by atoms with Crippen molar-refractivity contribution in [3.8, 4) is 0 Å². The van der Waals surface area contributed by atoms with E-state index in [9.17, 15) is 14.0 Å². The van der Waals surface area contributed by atoms with E-state index < -0.39 is 29.5 Å². The average molecular weight is 287 g/mol. The van der Waals surface area contributed by atoms with Gasteiger partial charge in [0.05, 0.1) is 5.92 Å². The molecule has 5 heteroatoms. The van der Waals surface area contributed by atoms with Crippen LogP contribution < -0.4 is 5.73 Å². The van der Waals surface area contributed by atoms with Crippen LogP contribution in [0.4, 0.5) is 4.39 Å². The smallest absolute Gasteiger partial charge is 0.321 e. The fourth-order valence-electron chi connectivity index (χ4n) is 2.12. The molecule has 108 valence electrons. The Hall–Kier alpha value is -2.53. The van der Waals surface area contributed by atoms with Crippen LogP contribution in [0.3, 0.4) is 0 Å². The molecule has 0 fully saturated rings. The second kappa shape index (κ2) is 6.28. The van der Waals surface area contributed by atoms with Crippen LogP contribution >= 0.6 is 0 Å². The molecule has 2 aromatic rings. The van der Waals surface area contributed by atoms with Crippen molar-refractivity contribution < 1.29 is 19.1 Å². The molecular formula is C16H14FNO3. The molecule has 0 spiro atoms. The Morgan fingerprint density at radius 2 is 1.57 bits per heavy atom. The molecule has 2 unspecified atom stereocenters. The molecule has 21 heavy (non-hydrogen) atoms. The number of hydrogen-bond acceptors (Lipinski definition) is 3. The van der Waals surface area contributed by atoms with Crippen LogP contribution in [0, 0.1) is 5.82 Å². The summed E-state index contributed by atoms with van der Waals surface area (Å²) in [6.07, 6.45) is 0. The summed E-state index contributed by atoms with van der Waals surface area (Å²) in [4.78, 5) is 23.7. The summed E-state index contributed by atoms with van der Waals surface area (Å²) in [6, 6.07) is 12.0. The molecule has 0 aromatic heterocycles. The Bertz CT molecular complexity index is 640. The third-order valence-corrected chi connectivity index (χ3v) is 3.21. The molecule has 0 radical (unpaired) electrons. The van der Waals surface area contributed by atoms with Crippen molar-refractivity contribution in [3.63, 3.8) is 0 Å². The van der Waals surface area contributed by atoms with E-state index in [1.165, 1.54) is 12.1 Å². The molecule has 0 saturated heterocycles. The fourth-order valence-corrected chi connectivity index (χ4v) is 2.12. The highest BCUT2D eigenvalue weighted by Gasteiger charge is 2.32. The van der Waals surface area contributed by atoms with Crippen LogP contribution in [-0.2, 0) is 4.79 Å². The summed E-state index contributed by atoms with van der Waals surface area (Å²) in [5.41, 5.74) is 6.41. The Labute approximate surface area is 121 Å². The Morgan fingerprint density at radius 1 is 1.00 bits per heavy atom. The predicted molar refractivity (Wildman–Crippen MR) is 75.5 cm³/mol. The number of Topliss-reactive ketones (excluding diaryl/α,β-unsaturated/α-hetero) is 1. The van der Waals surface area contributed by atoms with E-state index in [1.807, 2.05) is 0 Å². The van der Waals surface area contributed by atoms with Crippen LogP contribution in [0.25, 0.3) is 0 Å². The van der Waals surface area contributed by atoms with Gasteiger partial charge in [-0.1, -0.05) is 30.3 Å².